The molecule has 0 fully saturated rings. The van der Waals surface area contributed by atoms with Crippen LogP contribution >= 0.6 is 22.6 Å². The fourth-order valence-electron chi connectivity index (χ4n) is 1.37. The van der Waals surface area contributed by atoms with Gasteiger partial charge in [0.05, 0.1) is 6.04 Å². The highest BCUT2D eigenvalue weighted by Crippen LogP contribution is 2.06. The maximum Gasteiger partial charge on any atom is 0.236 e. The van der Waals surface area contributed by atoms with E-state index >= 15 is 0 Å². The Balaban J connectivity index is 2.34. The van der Waals surface area contributed by atoms with Gasteiger partial charge in [0, 0.05) is 16.7 Å². The number of halogens is 1. The first-order chi connectivity index (χ1) is 8.13. The minimum Gasteiger partial charge on any atom is -0.355 e. The summed E-state index contributed by atoms with van der Waals surface area (Å²) in [4.78, 5) is 11.6. The van der Waals surface area contributed by atoms with Gasteiger partial charge in [-0.05, 0) is 53.6 Å². The molecule has 0 heterocycles. The summed E-state index contributed by atoms with van der Waals surface area (Å²) < 4.78 is 1.22. The second kappa shape index (κ2) is 7.66. The molecule has 0 saturated heterocycles. The van der Waals surface area contributed by atoms with Crippen LogP contribution in [0.4, 0.5) is 0 Å². The second-order valence-electron chi connectivity index (χ2n) is 4.02. The number of nitrogens with one attached hydrogen (secondary N) is 2. The third-order valence-electron chi connectivity index (χ3n) is 2.47. The highest BCUT2D eigenvalue weighted by molar-refractivity contribution is 14.1. The van der Waals surface area contributed by atoms with E-state index in [4.69, 9.17) is 0 Å². The summed E-state index contributed by atoms with van der Waals surface area (Å²) in [6.07, 6.45) is 0.968. The molecule has 1 aromatic carbocycles. The third kappa shape index (κ3) is 5.50. The minimum atomic E-state index is -0.152. The quantitative estimate of drug-likeness (QED) is 0.776. The third-order valence-corrected chi connectivity index (χ3v) is 3.19. The molecule has 0 aliphatic rings. The van der Waals surface area contributed by atoms with Gasteiger partial charge >= 0.3 is 0 Å². The lowest BCUT2D eigenvalue weighted by molar-refractivity contribution is -0.122. The van der Waals surface area contributed by atoms with Crippen LogP contribution in [-0.4, -0.2) is 18.5 Å². The van der Waals surface area contributed by atoms with Crippen LogP contribution in [0.1, 0.15) is 25.8 Å². The molecule has 0 saturated carbocycles. The van der Waals surface area contributed by atoms with Crippen LogP contribution in [0.2, 0.25) is 0 Å². The molecular weight excluding hydrogens is 327 g/mol. The fourth-order valence-corrected chi connectivity index (χ4v) is 1.73. The first kappa shape index (κ1) is 14.4. The summed E-state index contributed by atoms with van der Waals surface area (Å²) in [6.45, 7) is 5.40. The molecule has 1 unspecified atom stereocenters. The van der Waals surface area contributed by atoms with Crippen molar-refractivity contribution in [2.45, 2.75) is 32.9 Å². The van der Waals surface area contributed by atoms with Gasteiger partial charge in [-0.2, -0.15) is 0 Å². The Morgan fingerprint density at radius 3 is 2.59 bits per heavy atom. The summed E-state index contributed by atoms with van der Waals surface area (Å²) in [5, 5.41) is 6.09. The molecule has 1 atom stereocenters. The van der Waals surface area contributed by atoms with Crippen molar-refractivity contribution in [1.29, 1.82) is 0 Å². The molecule has 1 aromatic rings. The van der Waals surface area contributed by atoms with E-state index in [1.54, 1.807) is 0 Å². The maximum absolute atomic E-state index is 11.6. The Kier molecular flexibility index (Phi) is 6.50. The van der Waals surface area contributed by atoms with Crippen molar-refractivity contribution < 1.29 is 4.79 Å². The molecule has 0 aliphatic carbocycles. The van der Waals surface area contributed by atoms with Gasteiger partial charge in [-0.1, -0.05) is 19.1 Å². The van der Waals surface area contributed by atoms with Gasteiger partial charge in [-0.15, -0.1) is 0 Å². The first-order valence-electron chi connectivity index (χ1n) is 5.89. The maximum atomic E-state index is 11.6. The summed E-state index contributed by atoms with van der Waals surface area (Å²) >= 11 is 2.28. The lowest BCUT2D eigenvalue weighted by Gasteiger charge is -2.13. The summed E-state index contributed by atoms with van der Waals surface area (Å²) in [5.41, 5.74) is 1.19. The molecule has 0 spiro atoms. The second-order valence-corrected chi connectivity index (χ2v) is 5.27. The molecule has 17 heavy (non-hydrogen) atoms. The van der Waals surface area contributed by atoms with Crippen LogP contribution in [0, 0.1) is 3.57 Å². The van der Waals surface area contributed by atoms with Crippen LogP contribution in [-0.2, 0) is 11.3 Å². The zero-order valence-electron chi connectivity index (χ0n) is 10.3. The Morgan fingerprint density at radius 1 is 1.35 bits per heavy atom. The number of hydrogen-bond donors (Lipinski definition) is 2. The normalized spacial score (nSPS) is 12.2. The number of carbonyl (C=O) groups is 1. The average Bonchev–Trinajstić information content (AvgIpc) is 2.34. The molecule has 2 N–H and O–H groups in total. The predicted molar refractivity (Wildman–Crippen MR) is 78.8 cm³/mol. The summed E-state index contributed by atoms with van der Waals surface area (Å²) in [7, 11) is 0. The average molecular weight is 346 g/mol. The van der Waals surface area contributed by atoms with E-state index in [0.717, 1.165) is 19.5 Å². The number of benzene rings is 1. The lowest BCUT2D eigenvalue weighted by Crippen LogP contribution is -2.42. The molecule has 3 nitrogen and oxygen atoms in total. The summed E-state index contributed by atoms with van der Waals surface area (Å²) in [5.74, 6) is 0.0670. The largest absolute Gasteiger partial charge is 0.355 e. The highest BCUT2D eigenvalue weighted by Gasteiger charge is 2.10. The van der Waals surface area contributed by atoms with Gasteiger partial charge in [0.25, 0.3) is 0 Å². The van der Waals surface area contributed by atoms with Gasteiger partial charge in [-0.25, -0.2) is 0 Å². The Labute approximate surface area is 117 Å². The van der Waals surface area contributed by atoms with Gasteiger partial charge in [-0.3, -0.25) is 4.79 Å². The fraction of sp³-hybridized carbons (Fsp3) is 0.462. The van der Waals surface area contributed by atoms with Crippen LogP contribution in [0.25, 0.3) is 0 Å². The van der Waals surface area contributed by atoms with Crippen molar-refractivity contribution in [2.75, 3.05) is 6.54 Å². The Morgan fingerprint density at radius 2 is 2.00 bits per heavy atom. The Hall–Kier alpha value is -0.620. The van der Waals surface area contributed by atoms with Crippen LogP contribution in [0.5, 0.6) is 0 Å². The minimum absolute atomic E-state index is 0.0670. The van der Waals surface area contributed by atoms with Gasteiger partial charge < -0.3 is 10.6 Å². The van der Waals surface area contributed by atoms with Crippen molar-refractivity contribution in [3.63, 3.8) is 0 Å². The lowest BCUT2D eigenvalue weighted by atomic mass is 10.2. The van der Waals surface area contributed by atoms with E-state index < -0.39 is 0 Å². The molecule has 94 valence electrons. The van der Waals surface area contributed by atoms with E-state index in [2.05, 4.69) is 57.5 Å². The monoisotopic (exact) mass is 346 g/mol. The number of hydrogen-bond acceptors (Lipinski definition) is 2. The highest BCUT2D eigenvalue weighted by atomic mass is 127. The van der Waals surface area contributed by atoms with Crippen LogP contribution in [0.3, 0.4) is 0 Å². The zero-order chi connectivity index (χ0) is 12.7. The first-order valence-corrected chi connectivity index (χ1v) is 6.97. The SMILES string of the molecule is CCCNC(=O)C(C)NCc1ccc(I)cc1. The molecule has 0 aliphatic heterocycles. The van der Waals surface area contributed by atoms with E-state index in [0.29, 0.717) is 0 Å². The van der Waals surface area contributed by atoms with Crippen molar-refractivity contribution in [3.8, 4) is 0 Å². The predicted octanol–water partition coefficient (Wildman–Crippen LogP) is 2.30. The standard InChI is InChI=1S/C13H19IN2O/c1-3-8-15-13(17)10(2)16-9-11-4-6-12(14)7-5-11/h4-7,10,16H,3,8-9H2,1-2H3,(H,15,17). The molecule has 1 rings (SSSR count). The molecule has 4 heteroatoms. The van der Waals surface area contributed by atoms with E-state index in [9.17, 15) is 4.79 Å². The summed E-state index contributed by atoms with van der Waals surface area (Å²) in [6, 6.07) is 8.14. The van der Waals surface area contributed by atoms with Crippen LogP contribution < -0.4 is 10.6 Å². The van der Waals surface area contributed by atoms with Crippen molar-refractivity contribution in [2.24, 2.45) is 0 Å². The van der Waals surface area contributed by atoms with Crippen molar-refractivity contribution in [1.82, 2.24) is 10.6 Å². The van der Waals surface area contributed by atoms with E-state index in [-0.39, 0.29) is 11.9 Å². The smallest absolute Gasteiger partial charge is 0.236 e. The van der Waals surface area contributed by atoms with Crippen LogP contribution in [0.15, 0.2) is 24.3 Å². The van der Waals surface area contributed by atoms with Gasteiger partial charge in [0.2, 0.25) is 5.91 Å². The molecule has 0 bridgehead atoms. The molecule has 1 amide bonds. The van der Waals surface area contributed by atoms with Crippen molar-refractivity contribution in [3.05, 3.63) is 33.4 Å². The van der Waals surface area contributed by atoms with E-state index in [1.165, 1.54) is 9.13 Å². The topological polar surface area (TPSA) is 41.1 Å². The van der Waals surface area contributed by atoms with Gasteiger partial charge in [0.1, 0.15) is 0 Å². The van der Waals surface area contributed by atoms with Crippen molar-refractivity contribution >= 4 is 28.5 Å². The van der Waals surface area contributed by atoms with E-state index in [1.807, 2.05) is 13.8 Å². The molecule has 0 aromatic heterocycles. The number of amides is 1. The van der Waals surface area contributed by atoms with Gasteiger partial charge in [0.15, 0.2) is 0 Å². The number of carbonyl (C=O) groups excluding carboxylic acids is 1. The molecule has 0 radical (unpaired) electrons. The zero-order valence-corrected chi connectivity index (χ0v) is 12.5. The Bertz CT molecular complexity index is 351. The molecular formula is C13H19IN2O. The number of rotatable bonds is 6.